The molecular formula is C14H21N3O3S. The predicted molar refractivity (Wildman–Crippen MR) is 81.3 cm³/mol. The average molecular weight is 311 g/mol. The highest BCUT2D eigenvalue weighted by molar-refractivity contribution is 7.88. The van der Waals surface area contributed by atoms with Gasteiger partial charge in [-0.3, -0.25) is 0 Å². The molecule has 1 aliphatic rings. The second kappa shape index (κ2) is 6.91. The summed E-state index contributed by atoms with van der Waals surface area (Å²) in [4.78, 5) is 13.3. The van der Waals surface area contributed by atoms with Crippen molar-refractivity contribution in [1.82, 2.24) is 14.5 Å². The Morgan fingerprint density at radius 2 is 1.76 bits per heavy atom. The van der Waals surface area contributed by atoms with Crippen molar-refractivity contribution in [3.63, 3.8) is 0 Å². The quantitative estimate of drug-likeness (QED) is 0.897. The third-order valence-corrected chi connectivity index (χ3v) is 5.29. The number of piperazine rings is 1. The van der Waals surface area contributed by atoms with Crippen LogP contribution in [-0.4, -0.2) is 56.4 Å². The Morgan fingerprint density at radius 3 is 2.33 bits per heavy atom. The van der Waals surface area contributed by atoms with E-state index in [0.717, 1.165) is 5.56 Å². The predicted octanol–water partition coefficient (Wildman–Crippen LogP) is 0.864. The van der Waals surface area contributed by atoms with E-state index in [0.29, 0.717) is 32.7 Å². The lowest BCUT2D eigenvalue weighted by Crippen LogP contribution is -2.53. The standard InChI is InChI=1S/C14H21N3O3S/c1-2-15-14(18)16-8-10-17(11-9-16)21(19,20)12-13-6-4-3-5-7-13/h3-7H,2,8-12H2,1H3,(H,15,18). The van der Waals surface area contributed by atoms with Gasteiger partial charge in [0.25, 0.3) is 0 Å². The van der Waals surface area contributed by atoms with Crippen LogP contribution >= 0.6 is 0 Å². The van der Waals surface area contributed by atoms with Gasteiger partial charge in [0.05, 0.1) is 5.75 Å². The SMILES string of the molecule is CCNC(=O)N1CCN(S(=O)(=O)Cc2ccccc2)CC1. The van der Waals surface area contributed by atoms with Crippen molar-refractivity contribution in [3.8, 4) is 0 Å². The van der Waals surface area contributed by atoms with Crippen LogP contribution in [0.3, 0.4) is 0 Å². The Kier molecular flexibility index (Phi) is 5.19. The Hall–Kier alpha value is -1.60. The van der Waals surface area contributed by atoms with E-state index in [1.54, 1.807) is 4.90 Å². The Labute approximate surface area is 125 Å². The topological polar surface area (TPSA) is 69.7 Å². The number of urea groups is 1. The van der Waals surface area contributed by atoms with E-state index in [9.17, 15) is 13.2 Å². The molecular weight excluding hydrogens is 290 g/mol. The molecule has 1 aromatic carbocycles. The Morgan fingerprint density at radius 1 is 1.14 bits per heavy atom. The van der Waals surface area contributed by atoms with Gasteiger partial charge in [0, 0.05) is 32.7 Å². The zero-order chi connectivity index (χ0) is 15.3. The van der Waals surface area contributed by atoms with Crippen LogP contribution in [0.2, 0.25) is 0 Å². The maximum absolute atomic E-state index is 12.4. The van der Waals surface area contributed by atoms with E-state index in [2.05, 4.69) is 5.32 Å². The lowest BCUT2D eigenvalue weighted by Gasteiger charge is -2.33. The van der Waals surface area contributed by atoms with Crippen LogP contribution in [0.5, 0.6) is 0 Å². The third kappa shape index (κ3) is 4.18. The van der Waals surface area contributed by atoms with Crippen LogP contribution in [0.4, 0.5) is 4.79 Å². The number of nitrogens with one attached hydrogen (secondary N) is 1. The highest BCUT2D eigenvalue weighted by Crippen LogP contribution is 2.13. The average Bonchev–Trinajstić information content (AvgIpc) is 2.48. The van der Waals surface area contributed by atoms with Gasteiger partial charge in [-0.05, 0) is 12.5 Å². The number of benzene rings is 1. The van der Waals surface area contributed by atoms with Crippen molar-refractivity contribution >= 4 is 16.1 Å². The summed E-state index contributed by atoms with van der Waals surface area (Å²) in [6.07, 6.45) is 0. The van der Waals surface area contributed by atoms with Gasteiger partial charge in [0.15, 0.2) is 0 Å². The number of hydrogen-bond donors (Lipinski definition) is 1. The van der Waals surface area contributed by atoms with Crippen LogP contribution in [0.1, 0.15) is 12.5 Å². The van der Waals surface area contributed by atoms with Gasteiger partial charge >= 0.3 is 6.03 Å². The summed E-state index contributed by atoms with van der Waals surface area (Å²) in [6, 6.07) is 9.01. The molecule has 1 saturated heterocycles. The number of carbonyl (C=O) groups excluding carboxylic acids is 1. The van der Waals surface area contributed by atoms with Crippen molar-refractivity contribution in [2.45, 2.75) is 12.7 Å². The number of amides is 2. The molecule has 0 radical (unpaired) electrons. The van der Waals surface area contributed by atoms with Crippen molar-refractivity contribution in [3.05, 3.63) is 35.9 Å². The van der Waals surface area contributed by atoms with Crippen molar-refractivity contribution in [2.75, 3.05) is 32.7 Å². The fraction of sp³-hybridized carbons (Fsp3) is 0.500. The molecule has 6 nitrogen and oxygen atoms in total. The molecule has 0 atom stereocenters. The smallest absolute Gasteiger partial charge is 0.317 e. The highest BCUT2D eigenvalue weighted by Gasteiger charge is 2.28. The lowest BCUT2D eigenvalue weighted by atomic mass is 10.2. The van der Waals surface area contributed by atoms with Crippen LogP contribution in [0.15, 0.2) is 30.3 Å². The molecule has 1 aliphatic heterocycles. The molecule has 0 bridgehead atoms. The lowest BCUT2D eigenvalue weighted by molar-refractivity contribution is 0.173. The van der Waals surface area contributed by atoms with Gasteiger partial charge in [-0.15, -0.1) is 0 Å². The minimum atomic E-state index is -3.32. The first-order chi connectivity index (χ1) is 10.0. The van der Waals surface area contributed by atoms with Gasteiger partial charge in [0.2, 0.25) is 10.0 Å². The number of rotatable bonds is 4. The second-order valence-electron chi connectivity index (χ2n) is 4.96. The highest BCUT2D eigenvalue weighted by atomic mass is 32.2. The zero-order valence-electron chi connectivity index (χ0n) is 12.2. The minimum absolute atomic E-state index is 0.00893. The zero-order valence-corrected chi connectivity index (χ0v) is 13.0. The van der Waals surface area contributed by atoms with Crippen molar-refractivity contribution < 1.29 is 13.2 Å². The van der Waals surface area contributed by atoms with Crippen LogP contribution in [-0.2, 0) is 15.8 Å². The fourth-order valence-electron chi connectivity index (χ4n) is 2.31. The van der Waals surface area contributed by atoms with Gasteiger partial charge < -0.3 is 10.2 Å². The van der Waals surface area contributed by atoms with Crippen LogP contribution in [0, 0.1) is 0 Å². The normalized spacial score (nSPS) is 16.7. The van der Waals surface area contributed by atoms with Gasteiger partial charge in [-0.1, -0.05) is 30.3 Å². The molecule has 1 heterocycles. The van der Waals surface area contributed by atoms with E-state index in [1.807, 2.05) is 37.3 Å². The first-order valence-corrected chi connectivity index (χ1v) is 8.68. The number of carbonyl (C=O) groups is 1. The summed E-state index contributed by atoms with van der Waals surface area (Å²) >= 11 is 0. The Bertz CT molecular complexity index is 566. The number of sulfonamides is 1. The van der Waals surface area contributed by atoms with Crippen molar-refractivity contribution in [1.29, 1.82) is 0 Å². The summed E-state index contributed by atoms with van der Waals surface area (Å²) in [5, 5.41) is 2.73. The largest absolute Gasteiger partial charge is 0.338 e. The molecule has 116 valence electrons. The minimum Gasteiger partial charge on any atom is -0.338 e. The summed E-state index contributed by atoms with van der Waals surface area (Å²) in [6.45, 7) is 4.00. The van der Waals surface area contributed by atoms with Crippen LogP contribution in [0.25, 0.3) is 0 Å². The van der Waals surface area contributed by atoms with E-state index >= 15 is 0 Å². The van der Waals surface area contributed by atoms with E-state index in [-0.39, 0.29) is 11.8 Å². The van der Waals surface area contributed by atoms with Gasteiger partial charge in [0.1, 0.15) is 0 Å². The first-order valence-electron chi connectivity index (χ1n) is 7.07. The van der Waals surface area contributed by atoms with E-state index < -0.39 is 10.0 Å². The van der Waals surface area contributed by atoms with E-state index in [1.165, 1.54) is 4.31 Å². The fourth-order valence-corrected chi connectivity index (χ4v) is 3.82. The molecule has 0 aliphatic carbocycles. The van der Waals surface area contributed by atoms with Gasteiger partial charge in [-0.25, -0.2) is 13.2 Å². The molecule has 7 heteroatoms. The van der Waals surface area contributed by atoms with Crippen molar-refractivity contribution in [2.24, 2.45) is 0 Å². The second-order valence-corrected chi connectivity index (χ2v) is 6.93. The third-order valence-electron chi connectivity index (χ3n) is 3.44. The molecule has 0 unspecified atom stereocenters. The molecule has 21 heavy (non-hydrogen) atoms. The summed E-state index contributed by atoms with van der Waals surface area (Å²) in [5.74, 6) is 0.00893. The van der Waals surface area contributed by atoms with Crippen LogP contribution < -0.4 is 5.32 Å². The summed E-state index contributed by atoms with van der Waals surface area (Å²) in [7, 11) is -3.32. The first kappa shape index (κ1) is 15.8. The molecule has 0 spiro atoms. The number of hydrogen-bond acceptors (Lipinski definition) is 3. The monoisotopic (exact) mass is 311 g/mol. The summed E-state index contributed by atoms with van der Waals surface area (Å²) in [5.41, 5.74) is 0.781. The molecule has 1 fully saturated rings. The molecule has 0 aromatic heterocycles. The molecule has 0 saturated carbocycles. The molecule has 2 rings (SSSR count). The maximum Gasteiger partial charge on any atom is 0.317 e. The molecule has 1 aromatic rings. The number of nitrogens with zero attached hydrogens (tertiary/aromatic N) is 2. The van der Waals surface area contributed by atoms with Gasteiger partial charge in [-0.2, -0.15) is 4.31 Å². The molecule has 2 amide bonds. The molecule has 1 N–H and O–H groups in total. The maximum atomic E-state index is 12.4. The summed E-state index contributed by atoms with van der Waals surface area (Å²) < 4.78 is 26.2. The van der Waals surface area contributed by atoms with E-state index in [4.69, 9.17) is 0 Å². The Balaban J connectivity index is 1.93.